The first-order valence-corrected chi connectivity index (χ1v) is 15.0. The van der Waals surface area contributed by atoms with Crippen molar-refractivity contribution < 1.29 is 18.7 Å². The molecule has 45 heavy (non-hydrogen) atoms. The van der Waals surface area contributed by atoms with E-state index in [1.165, 1.54) is 6.07 Å². The highest BCUT2D eigenvalue weighted by atomic mass is 35.5. The zero-order valence-electron chi connectivity index (χ0n) is 24.7. The van der Waals surface area contributed by atoms with Gasteiger partial charge in [-0.05, 0) is 83.6 Å². The van der Waals surface area contributed by atoms with Crippen LogP contribution in [0.4, 0.5) is 4.39 Å². The third kappa shape index (κ3) is 7.95. The van der Waals surface area contributed by atoms with Crippen LogP contribution in [0.5, 0.6) is 11.5 Å². The number of carbonyl (C=O) groups excluding carboxylic acids is 2. The lowest BCUT2D eigenvalue weighted by Gasteiger charge is -2.19. The summed E-state index contributed by atoms with van der Waals surface area (Å²) in [4.78, 5) is 26.6. The molecule has 0 heterocycles. The quantitative estimate of drug-likeness (QED) is 0.142. The number of ether oxygens (including phenoxy) is 1. The molecule has 0 aliphatic carbocycles. The standard InChI is InChI=1S/C37H33ClFN3O3/c1-24(36(43)41-19-18-27-11-5-6-13-34(27)39)42-37(44)32-16-14-28(26-9-3-2-4-10-26)21-33(32)31-17-15-29(38)22-35(31)45-30-12-7-8-25(20-30)23-40/h2-17,20-22,24H,18-19,23,40H2,1H3,(H,41,43)(H,42,44). The van der Waals surface area contributed by atoms with E-state index < -0.39 is 11.9 Å². The predicted octanol–water partition coefficient (Wildman–Crippen LogP) is 7.54. The Labute approximate surface area is 267 Å². The van der Waals surface area contributed by atoms with Crippen LogP contribution >= 0.6 is 11.6 Å². The highest BCUT2D eigenvalue weighted by Gasteiger charge is 2.22. The van der Waals surface area contributed by atoms with Crippen molar-refractivity contribution in [3.8, 4) is 33.8 Å². The van der Waals surface area contributed by atoms with Crippen LogP contribution in [-0.4, -0.2) is 24.4 Å². The molecule has 0 fully saturated rings. The van der Waals surface area contributed by atoms with Gasteiger partial charge in [-0.25, -0.2) is 4.39 Å². The summed E-state index contributed by atoms with van der Waals surface area (Å²) in [6, 6.07) is 33.6. The van der Waals surface area contributed by atoms with Crippen molar-refractivity contribution in [3.05, 3.63) is 143 Å². The van der Waals surface area contributed by atoms with Crippen LogP contribution < -0.4 is 21.1 Å². The summed E-state index contributed by atoms with van der Waals surface area (Å²) in [6.07, 6.45) is 0.331. The van der Waals surface area contributed by atoms with Crippen molar-refractivity contribution in [2.45, 2.75) is 25.9 Å². The van der Waals surface area contributed by atoms with E-state index in [-0.39, 0.29) is 18.3 Å². The van der Waals surface area contributed by atoms with Gasteiger partial charge in [-0.3, -0.25) is 9.59 Å². The molecule has 0 bridgehead atoms. The molecule has 5 aromatic carbocycles. The normalized spacial score (nSPS) is 11.5. The second-order valence-corrected chi connectivity index (χ2v) is 11.0. The monoisotopic (exact) mass is 621 g/mol. The van der Waals surface area contributed by atoms with Crippen LogP contribution in [0, 0.1) is 5.82 Å². The van der Waals surface area contributed by atoms with E-state index in [1.807, 2.05) is 72.8 Å². The lowest BCUT2D eigenvalue weighted by Crippen LogP contribution is -2.45. The van der Waals surface area contributed by atoms with Crippen molar-refractivity contribution in [2.75, 3.05) is 6.54 Å². The van der Waals surface area contributed by atoms with Crippen LogP contribution in [0.3, 0.4) is 0 Å². The van der Waals surface area contributed by atoms with E-state index in [0.717, 1.165) is 16.7 Å². The number of amides is 2. The molecule has 0 saturated carbocycles. The maximum absolute atomic E-state index is 14.0. The maximum atomic E-state index is 14.0. The van der Waals surface area contributed by atoms with Crippen molar-refractivity contribution in [3.63, 3.8) is 0 Å². The molecule has 0 aliphatic heterocycles. The van der Waals surface area contributed by atoms with Crippen LogP contribution in [0.15, 0.2) is 115 Å². The number of halogens is 2. The van der Waals surface area contributed by atoms with Gasteiger partial charge in [0.15, 0.2) is 0 Å². The first-order chi connectivity index (χ1) is 21.8. The molecule has 1 unspecified atom stereocenters. The molecule has 5 aromatic rings. The number of hydrogen-bond acceptors (Lipinski definition) is 4. The van der Waals surface area contributed by atoms with Crippen LogP contribution in [0.1, 0.15) is 28.4 Å². The highest BCUT2D eigenvalue weighted by molar-refractivity contribution is 6.30. The van der Waals surface area contributed by atoms with Crippen molar-refractivity contribution in [2.24, 2.45) is 5.73 Å². The highest BCUT2D eigenvalue weighted by Crippen LogP contribution is 2.39. The molecule has 2 amide bonds. The summed E-state index contributed by atoms with van der Waals surface area (Å²) in [5.41, 5.74) is 10.7. The molecular weight excluding hydrogens is 589 g/mol. The molecule has 0 aliphatic rings. The fourth-order valence-corrected chi connectivity index (χ4v) is 5.12. The van der Waals surface area contributed by atoms with E-state index in [2.05, 4.69) is 10.6 Å². The zero-order valence-corrected chi connectivity index (χ0v) is 25.5. The Balaban J connectivity index is 1.44. The first kappa shape index (κ1) is 31.4. The van der Waals surface area contributed by atoms with E-state index >= 15 is 0 Å². The number of carbonyl (C=O) groups is 2. The Morgan fingerprint density at radius 2 is 1.62 bits per heavy atom. The molecule has 0 radical (unpaired) electrons. The lowest BCUT2D eigenvalue weighted by molar-refractivity contribution is -0.122. The van der Waals surface area contributed by atoms with E-state index in [4.69, 9.17) is 22.1 Å². The molecule has 8 heteroatoms. The van der Waals surface area contributed by atoms with Crippen molar-refractivity contribution in [1.82, 2.24) is 10.6 Å². The van der Waals surface area contributed by atoms with Gasteiger partial charge in [-0.15, -0.1) is 0 Å². The minimum atomic E-state index is -0.847. The van der Waals surface area contributed by atoms with E-state index in [9.17, 15) is 14.0 Å². The Hall–Kier alpha value is -4.98. The van der Waals surface area contributed by atoms with Gasteiger partial charge in [-0.2, -0.15) is 0 Å². The lowest BCUT2D eigenvalue weighted by atomic mass is 9.93. The predicted molar refractivity (Wildman–Crippen MR) is 177 cm³/mol. The van der Waals surface area contributed by atoms with Crippen molar-refractivity contribution >= 4 is 23.4 Å². The summed E-state index contributed by atoms with van der Waals surface area (Å²) < 4.78 is 20.3. The Morgan fingerprint density at radius 1 is 0.844 bits per heavy atom. The first-order valence-electron chi connectivity index (χ1n) is 14.6. The number of rotatable bonds is 11. The molecule has 0 spiro atoms. The summed E-state index contributed by atoms with van der Waals surface area (Å²) in [5, 5.41) is 6.06. The van der Waals surface area contributed by atoms with Crippen molar-refractivity contribution in [1.29, 1.82) is 0 Å². The summed E-state index contributed by atoms with van der Waals surface area (Å²) in [7, 11) is 0. The maximum Gasteiger partial charge on any atom is 0.252 e. The zero-order chi connectivity index (χ0) is 31.8. The SMILES string of the molecule is CC(NC(=O)c1ccc(-c2ccccc2)cc1-c1ccc(Cl)cc1Oc1cccc(CN)c1)C(=O)NCCc1ccccc1F. The second kappa shape index (κ2) is 14.7. The van der Waals surface area contributed by atoms with Gasteiger partial charge in [0, 0.05) is 35.3 Å². The number of nitrogens with one attached hydrogen (secondary N) is 2. The molecule has 6 nitrogen and oxygen atoms in total. The average molecular weight is 622 g/mol. The average Bonchev–Trinajstić information content (AvgIpc) is 3.06. The smallest absolute Gasteiger partial charge is 0.252 e. The van der Waals surface area contributed by atoms with Gasteiger partial charge in [0.1, 0.15) is 23.4 Å². The van der Waals surface area contributed by atoms with Gasteiger partial charge < -0.3 is 21.1 Å². The number of hydrogen-bond donors (Lipinski definition) is 3. The molecule has 1 atom stereocenters. The number of nitrogens with two attached hydrogens (primary N) is 1. The second-order valence-electron chi connectivity index (χ2n) is 10.5. The fourth-order valence-electron chi connectivity index (χ4n) is 4.96. The van der Waals surface area contributed by atoms with Gasteiger partial charge in [0.2, 0.25) is 5.91 Å². The van der Waals surface area contributed by atoms with Gasteiger partial charge in [-0.1, -0.05) is 78.3 Å². The Bertz CT molecular complexity index is 1810. The summed E-state index contributed by atoms with van der Waals surface area (Å²) in [6.45, 7) is 2.20. The largest absolute Gasteiger partial charge is 0.457 e. The fraction of sp³-hybridized carbons (Fsp3) is 0.135. The Morgan fingerprint density at radius 3 is 2.40 bits per heavy atom. The van der Waals surface area contributed by atoms with Crippen LogP contribution in [0.2, 0.25) is 5.02 Å². The van der Waals surface area contributed by atoms with E-state index in [0.29, 0.717) is 51.7 Å². The van der Waals surface area contributed by atoms with Crippen LogP contribution in [-0.2, 0) is 17.8 Å². The summed E-state index contributed by atoms with van der Waals surface area (Å²) >= 11 is 6.41. The van der Waals surface area contributed by atoms with Gasteiger partial charge in [0.25, 0.3) is 5.91 Å². The van der Waals surface area contributed by atoms with Gasteiger partial charge in [0.05, 0.1) is 0 Å². The molecule has 5 rings (SSSR count). The van der Waals surface area contributed by atoms with E-state index in [1.54, 1.807) is 43.3 Å². The molecule has 0 aromatic heterocycles. The topological polar surface area (TPSA) is 93.4 Å². The third-order valence-electron chi connectivity index (χ3n) is 7.36. The molecular formula is C37H33ClFN3O3. The van der Waals surface area contributed by atoms with Crippen LogP contribution in [0.25, 0.3) is 22.3 Å². The molecule has 0 saturated heterocycles. The molecule has 228 valence electrons. The summed E-state index contributed by atoms with van der Waals surface area (Å²) in [5.74, 6) is -0.107. The minimum absolute atomic E-state index is 0.230. The number of benzene rings is 5. The van der Waals surface area contributed by atoms with Gasteiger partial charge >= 0.3 is 0 Å². The minimum Gasteiger partial charge on any atom is -0.457 e. The Kier molecular flexibility index (Phi) is 10.2. The molecule has 4 N–H and O–H groups in total. The third-order valence-corrected chi connectivity index (χ3v) is 7.59.